The van der Waals surface area contributed by atoms with E-state index in [1.54, 1.807) is 12.3 Å². The van der Waals surface area contributed by atoms with Crippen LogP contribution in [0.3, 0.4) is 0 Å². The van der Waals surface area contributed by atoms with Gasteiger partial charge in [-0.25, -0.2) is 9.37 Å². The smallest absolute Gasteiger partial charge is 0.141 e. The second kappa shape index (κ2) is 7.31. The summed E-state index contributed by atoms with van der Waals surface area (Å²) in [6, 6.07) is 7.33. The number of nitrogens with zero attached hydrogens (tertiary/aromatic N) is 1. The predicted octanol–water partition coefficient (Wildman–Crippen LogP) is 4.70. The van der Waals surface area contributed by atoms with Gasteiger partial charge in [0.2, 0.25) is 0 Å². The first-order valence-electron chi connectivity index (χ1n) is 9.68. The summed E-state index contributed by atoms with van der Waals surface area (Å²) >= 11 is 0. The first kappa shape index (κ1) is 18.0. The zero-order valence-corrected chi connectivity index (χ0v) is 15.9. The molecule has 5 heteroatoms. The maximum Gasteiger partial charge on any atom is 0.141 e. The van der Waals surface area contributed by atoms with Gasteiger partial charge in [0, 0.05) is 23.4 Å². The minimum absolute atomic E-state index is 0.169. The van der Waals surface area contributed by atoms with E-state index in [0.717, 1.165) is 59.4 Å². The van der Waals surface area contributed by atoms with Gasteiger partial charge in [-0.15, -0.1) is 0 Å². The maximum absolute atomic E-state index is 14.3. The summed E-state index contributed by atoms with van der Waals surface area (Å²) in [5, 5.41) is 4.32. The third-order valence-electron chi connectivity index (χ3n) is 5.67. The number of fused-ring (bicyclic) bond motifs is 1. The normalized spacial score (nSPS) is 16.6. The second-order valence-electron chi connectivity index (χ2n) is 7.74. The molecule has 1 aliphatic heterocycles. The van der Waals surface area contributed by atoms with Gasteiger partial charge in [0.25, 0.3) is 0 Å². The molecule has 0 spiro atoms. The summed E-state index contributed by atoms with van der Waals surface area (Å²) in [6.45, 7) is 6.97. The molecule has 142 valence electrons. The lowest BCUT2D eigenvalue weighted by molar-refractivity contribution is 0.124. The number of rotatable bonds is 5. The Labute approximate surface area is 159 Å². The first-order chi connectivity index (χ1) is 13.1. The van der Waals surface area contributed by atoms with Gasteiger partial charge in [-0.2, -0.15) is 0 Å². The van der Waals surface area contributed by atoms with Crippen molar-refractivity contribution in [1.29, 1.82) is 0 Å². The van der Waals surface area contributed by atoms with E-state index in [1.165, 1.54) is 0 Å². The molecule has 0 saturated carbocycles. The number of halogens is 1. The summed E-state index contributed by atoms with van der Waals surface area (Å²) in [5.74, 6) is 0.633. The van der Waals surface area contributed by atoms with Crippen molar-refractivity contribution >= 4 is 11.0 Å². The van der Waals surface area contributed by atoms with Gasteiger partial charge < -0.3 is 15.0 Å². The molecule has 1 aromatic carbocycles. The minimum Gasteiger partial charge on any atom is -0.492 e. The number of ether oxygens (including phenoxy) is 1. The molecule has 27 heavy (non-hydrogen) atoms. The molecule has 0 bridgehead atoms. The van der Waals surface area contributed by atoms with Crippen LogP contribution in [0.15, 0.2) is 36.7 Å². The van der Waals surface area contributed by atoms with Crippen molar-refractivity contribution in [3.63, 3.8) is 0 Å². The average Bonchev–Trinajstić information content (AvgIpc) is 3.12. The Hall–Kier alpha value is -2.40. The van der Waals surface area contributed by atoms with Gasteiger partial charge in [0.1, 0.15) is 17.2 Å². The van der Waals surface area contributed by atoms with Gasteiger partial charge in [-0.3, -0.25) is 0 Å². The quantitative estimate of drug-likeness (QED) is 0.687. The van der Waals surface area contributed by atoms with Crippen LogP contribution in [0.2, 0.25) is 0 Å². The molecule has 0 amide bonds. The standard InChI is InChI=1S/C22H26FN3O/c1-3-15-4-5-16(12-18(15)23)17-13-26-21-20(17)19(6-9-25-21)27-14-22(2)7-10-24-11-8-22/h4-6,9,12-13,24H,3,7-8,10-11,14H2,1-2H3,(H,25,26). The molecule has 0 unspecified atom stereocenters. The fraction of sp³-hybridized carbons (Fsp3) is 0.409. The molecule has 1 aliphatic rings. The number of hydrogen-bond acceptors (Lipinski definition) is 3. The highest BCUT2D eigenvalue weighted by atomic mass is 19.1. The second-order valence-corrected chi connectivity index (χ2v) is 7.74. The Morgan fingerprint density at radius 3 is 2.78 bits per heavy atom. The van der Waals surface area contributed by atoms with Crippen molar-refractivity contribution in [1.82, 2.24) is 15.3 Å². The van der Waals surface area contributed by atoms with Crippen LogP contribution in [-0.4, -0.2) is 29.7 Å². The highest BCUT2D eigenvalue weighted by Gasteiger charge is 2.28. The SMILES string of the molecule is CCc1ccc(-c2c[nH]c3nccc(OCC4(C)CCNCC4)c23)cc1F. The maximum atomic E-state index is 14.3. The van der Waals surface area contributed by atoms with Crippen LogP contribution in [0, 0.1) is 11.2 Å². The molecule has 1 saturated heterocycles. The number of nitrogens with one attached hydrogen (secondary N) is 2. The van der Waals surface area contributed by atoms with E-state index in [9.17, 15) is 4.39 Å². The van der Waals surface area contributed by atoms with Crippen LogP contribution in [0.1, 0.15) is 32.3 Å². The van der Waals surface area contributed by atoms with Gasteiger partial charge in [0.15, 0.2) is 0 Å². The molecule has 4 rings (SSSR count). The molecule has 3 aromatic rings. The summed E-state index contributed by atoms with van der Waals surface area (Å²) in [7, 11) is 0. The number of aryl methyl sites for hydroxylation is 1. The lowest BCUT2D eigenvalue weighted by Crippen LogP contribution is -2.38. The fourth-order valence-corrected chi connectivity index (χ4v) is 3.80. The van der Waals surface area contributed by atoms with Crippen LogP contribution in [0.4, 0.5) is 4.39 Å². The minimum atomic E-state index is -0.169. The molecule has 1 fully saturated rings. The Balaban J connectivity index is 1.68. The van der Waals surface area contributed by atoms with E-state index in [2.05, 4.69) is 22.2 Å². The van der Waals surface area contributed by atoms with E-state index in [1.807, 2.05) is 31.3 Å². The van der Waals surface area contributed by atoms with Crippen LogP contribution >= 0.6 is 0 Å². The lowest BCUT2D eigenvalue weighted by Gasteiger charge is -2.33. The summed E-state index contributed by atoms with van der Waals surface area (Å²) in [4.78, 5) is 7.62. The van der Waals surface area contributed by atoms with Crippen LogP contribution < -0.4 is 10.1 Å². The number of aromatic amines is 1. The summed E-state index contributed by atoms with van der Waals surface area (Å²) < 4.78 is 20.6. The van der Waals surface area contributed by atoms with E-state index in [-0.39, 0.29) is 11.2 Å². The van der Waals surface area contributed by atoms with E-state index >= 15 is 0 Å². The van der Waals surface area contributed by atoms with E-state index in [0.29, 0.717) is 13.0 Å². The molecule has 4 nitrogen and oxygen atoms in total. The number of piperidine rings is 1. The van der Waals surface area contributed by atoms with Gasteiger partial charge in [-0.1, -0.05) is 26.0 Å². The highest BCUT2D eigenvalue weighted by molar-refractivity contribution is 5.98. The monoisotopic (exact) mass is 367 g/mol. The third-order valence-corrected chi connectivity index (χ3v) is 5.67. The molecule has 2 aromatic heterocycles. The molecule has 0 radical (unpaired) electrons. The third kappa shape index (κ3) is 3.56. The molecule has 0 atom stereocenters. The summed E-state index contributed by atoms with van der Waals surface area (Å²) in [6.07, 6.45) is 6.53. The first-order valence-corrected chi connectivity index (χ1v) is 9.68. The number of aromatic nitrogens is 2. The average molecular weight is 367 g/mol. The number of pyridine rings is 1. The molecular weight excluding hydrogens is 341 g/mol. The Bertz CT molecular complexity index is 944. The molecule has 2 N–H and O–H groups in total. The van der Waals surface area contributed by atoms with E-state index in [4.69, 9.17) is 4.74 Å². The van der Waals surface area contributed by atoms with Crippen molar-refractivity contribution in [2.75, 3.05) is 19.7 Å². The lowest BCUT2D eigenvalue weighted by atomic mass is 9.82. The van der Waals surface area contributed by atoms with Crippen molar-refractivity contribution in [2.45, 2.75) is 33.1 Å². The van der Waals surface area contributed by atoms with Gasteiger partial charge in [0.05, 0.1) is 12.0 Å². The van der Waals surface area contributed by atoms with Crippen LogP contribution in [0.5, 0.6) is 5.75 Å². The fourth-order valence-electron chi connectivity index (χ4n) is 3.80. The Morgan fingerprint density at radius 2 is 2.04 bits per heavy atom. The Kier molecular flexibility index (Phi) is 4.87. The zero-order chi connectivity index (χ0) is 18.9. The van der Waals surface area contributed by atoms with Crippen LogP contribution in [-0.2, 0) is 6.42 Å². The van der Waals surface area contributed by atoms with Crippen molar-refractivity contribution < 1.29 is 9.13 Å². The highest BCUT2D eigenvalue weighted by Crippen LogP contribution is 2.36. The van der Waals surface area contributed by atoms with E-state index < -0.39 is 0 Å². The van der Waals surface area contributed by atoms with Gasteiger partial charge in [-0.05, 0) is 55.6 Å². The molecular formula is C22H26FN3O. The van der Waals surface area contributed by atoms with Crippen molar-refractivity contribution in [3.05, 3.63) is 48.0 Å². The number of benzene rings is 1. The van der Waals surface area contributed by atoms with Crippen molar-refractivity contribution in [2.24, 2.45) is 5.41 Å². The van der Waals surface area contributed by atoms with Crippen LogP contribution in [0.25, 0.3) is 22.2 Å². The topological polar surface area (TPSA) is 49.9 Å². The summed E-state index contributed by atoms with van der Waals surface area (Å²) in [5.41, 5.74) is 3.42. The van der Waals surface area contributed by atoms with Crippen molar-refractivity contribution in [3.8, 4) is 16.9 Å². The number of H-pyrrole nitrogens is 1. The van der Waals surface area contributed by atoms with Gasteiger partial charge >= 0.3 is 0 Å². The number of hydrogen-bond donors (Lipinski definition) is 2. The largest absolute Gasteiger partial charge is 0.492 e. The molecule has 3 heterocycles. The zero-order valence-electron chi connectivity index (χ0n) is 15.9. The Morgan fingerprint density at radius 1 is 1.22 bits per heavy atom. The molecule has 0 aliphatic carbocycles. The predicted molar refractivity (Wildman–Crippen MR) is 107 cm³/mol.